The molecule has 0 fully saturated rings. The maximum atomic E-state index is 10.5. The van der Waals surface area contributed by atoms with E-state index in [1.54, 1.807) is 18.2 Å². The highest BCUT2D eigenvalue weighted by molar-refractivity contribution is 5.88. The number of hydrogen-bond donors (Lipinski definition) is 1. The van der Waals surface area contributed by atoms with E-state index in [4.69, 9.17) is 5.11 Å². The summed E-state index contributed by atoms with van der Waals surface area (Å²) in [6, 6.07) is 6.74. The molecular formula is C10H10O2. The molecule has 0 saturated heterocycles. The van der Waals surface area contributed by atoms with E-state index in [0.29, 0.717) is 5.56 Å². The van der Waals surface area contributed by atoms with E-state index in [9.17, 15) is 4.79 Å². The molecule has 0 saturated carbocycles. The molecule has 0 bridgehead atoms. The summed E-state index contributed by atoms with van der Waals surface area (Å²) in [4.78, 5) is 10.5. The smallest absolute Gasteiger partial charge is 0.335 e. The molecule has 1 rings (SSSR count). The first-order valence-corrected chi connectivity index (χ1v) is 3.60. The van der Waals surface area contributed by atoms with Crippen LogP contribution in [0.2, 0.25) is 0 Å². The summed E-state index contributed by atoms with van der Waals surface area (Å²) in [6.45, 7) is 5.58. The molecule has 0 spiro atoms. The van der Waals surface area contributed by atoms with E-state index in [2.05, 4.69) is 6.58 Å². The molecule has 0 heterocycles. The maximum absolute atomic E-state index is 10.5. The van der Waals surface area contributed by atoms with Crippen LogP contribution in [0.3, 0.4) is 0 Å². The molecule has 1 aromatic rings. The average Bonchev–Trinajstić information content (AvgIpc) is 2.04. The minimum absolute atomic E-state index is 0.301. The van der Waals surface area contributed by atoms with Crippen LogP contribution in [0, 0.1) is 0 Å². The fraction of sp³-hybridized carbons (Fsp3) is 0.100. The molecule has 0 aliphatic carbocycles. The van der Waals surface area contributed by atoms with E-state index in [-0.39, 0.29) is 0 Å². The highest BCUT2D eigenvalue weighted by atomic mass is 16.4. The number of benzene rings is 1. The predicted molar refractivity (Wildman–Crippen MR) is 48.1 cm³/mol. The Kier molecular flexibility index (Phi) is 2.29. The van der Waals surface area contributed by atoms with Crippen molar-refractivity contribution in [3.63, 3.8) is 0 Å². The van der Waals surface area contributed by atoms with Crippen LogP contribution in [0.25, 0.3) is 5.57 Å². The van der Waals surface area contributed by atoms with Gasteiger partial charge in [0, 0.05) is 0 Å². The van der Waals surface area contributed by atoms with Crippen LogP contribution in [-0.4, -0.2) is 11.1 Å². The van der Waals surface area contributed by atoms with Crippen molar-refractivity contribution in [1.82, 2.24) is 0 Å². The van der Waals surface area contributed by atoms with Crippen molar-refractivity contribution >= 4 is 11.5 Å². The van der Waals surface area contributed by atoms with Gasteiger partial charge in [-0.3, -0.25) is 0 Å². The lowest BCUT2D eigenvalue weighted by molar-refractivity contribution is 0.0697. The molecule has 0 unspecified atom stereocenters. The number of allylic oxidation sites excluding steroid dienone is 1. The van der Waals surface area contributed by atoms with Crippen molar-refractivity contribution in [2.45, 2.75) is 6.92 Å². The molecule has 0 aliphatic heterocycles. The second kappa shape index (κ2) is 3.22. The minimum atomic E-state index is -0.905. The van der Waals surface area contributed by atoms with Crippen molar-refractivity contribution < 1.29 is 9.90 Å². The van der Waals surface area contributed by atoms with Gasteiger partial charge < -0.3 is 5.11 Å². The normalized spacial score (nSPS) is 9.42. The van der Waals surface area contributed by atoms with Crippen molar-refractivity contribution in [3.05, 3.63) is 42.0 Å². The van der Waals surface area contributed by atoms with Gasteiger partial charge in [-0.1, -0.05) is 24.3 Å². The predicted octanol–water partition coefficient (Wildman–Crippen LogP) is 2.42. The van der Waals surface area contributed by atoms with Crippen LogP contribution >= 0.6 is 0 Å². The summed E-state index contributed by atoms with van der Waals surface area (Å²) in [5.41, 5.74) is 2.04. The lowest BCUT2D eigenvalue weighted by Gasteiger charge is -1.99. The first-order chi connectivity index (χ1) is 5.61. The van der Waals surface area contributed by atoms with E-state index in [1.807, 2.05) is 13.0 Å². The summed E-state index contributed by atoms with van der Waals surface area (Å²) in [5.74, 6) is -0.905. The minimum Gasteiger partial charge on any atom is -0.478 e. The fourth-order valence-electron chi connectivity index (χ4n) is 0.918. The standard InChI is InChI=1S/C10H10O2/c1-7(2)8-4-3-5-9(6-8)10(11)12/h3-6H,1H2,2H3,(H,11,12). The molecule has 2 nitrogen and oxygen atoms in total. The third-order valence-corrected chi connectivity index (χ3v) is 1.60. The topological polar surface area (TPSA) is 37.3 Å². The second-order valence-electron chi connectivity index (χ2n) is 2.67. The fourth-order valence-corrected chi connectivity index (χ4v) is 0.918. The average molecular weight is 162 g/mol. The van der Waals surface area contributed by atoms with Crippen molar-refractivity contribution in [3.8, 4) is 0 Å². The molecule has 12 heavy (non-hydrogen) atoms. The summed E-state index contributed by atoms with van der Waals surface area (Å²) in [7, 11) is 0. The van der Waals surface area contributed by atoms with Gasteiger partial charge in [-0.15, -0.1) is 0 Å². The molecule has 1 N–H and O–H groups in total. The number of carboxylic acids is 1. The third-order valence-electron chi connectivity index (χ3n) is 1.60. The van der Waals surface area contributed by atoms with Crippen LogP contribution in [0.4, 0.5) is 0 Å². The maximum Gasteiger partial charge on any atom is 0.335 e. The number of hydrogen-bond acceptors (Lipinski definition) is 1. The van der Waals surface area contributed by atoms with E-state index < -0.39 is 5.97 Å². The van der Waals surface area contributed by atoms with Gasteiger partial charge in [0.05, 0.1) is 5.56 Å². The Hall–Kier alpha value is -1.57. The van der Waals surface area contributed by atoms with Gasteiger partial charge in [0.15, 0.2) is 0 Å². The van der Waals surface area contributed by atoms with Gasteiger partial charge in [0.2, 0.25) is 0 Å². The molecular weight excluding hydrogens is 152 g/mol. The number of rotatable bonds is 2. The first-order valence-electron chi connectivity index (χ1n) is 3.60. The zero-order valence-corrected chi connectivity index (χ0v) is 6.87. The molecule has 0 atom stereocenters. The summed E-state index contributed by atoms with van der Waals surface area (Å²) >= 11 is 0. The highest BCUT2D eigenvalue weighted by Crippen LogP contribution is 2.12. The first kappa shape index (κ1) is 8.53. The Morgan fingerprint density at radius 2 is 2.00 bits per heavy atom. The SMILES string of the molecule is C=C(C)c1cccc(C(=O)O)c1. The van der Waals surface area contributed by atoms with Crippen LogP contribution < -0.4 is 0 Å². The monoisotopic (exact) mass is 162 g/mol. The van der Waals surface area contributed by atoms with E-state index in [1.165, 1.54) is 0 Å². The van der Waals surface area contributed by atoms with E-state index in [0.717, 1.165) is 11.1 Å². The third kappa shape index (κ3) is 1.72. The largest absolute Gasteiger partial charge is 0.478 e. The lowest BCUT2D eigenvalue weighted by Crippen LogP contribution is -1.96. The Morgan fingerprint density at radius 3 is 2.50 bits per heavy atom. The number of aromatic carboxylic acids is 1. The Balaban J connectivity index is 3.12. The van der Waals surface area contributed by atoms with Gasteiger partial charge in [0.1, 0.15) is 0 Å². The quantitative estimate of drug-likeness (QED) is 0.725. The van der Waals surface area contributed by atoms with Crippen molar-refractivity contribution in [1.29, 1.82) is 0 Å². The Labute approximate surface area is 71.2 Å². The van der Waals surface area contributed by atoms with Crippen LogP contribution in [0.1, 0.15) is 22.8 Å². The lowest BCUT2D eigenvalue weighted by atomic mass is 10.1. The van der Waals surface area contributed by atoms with Crippen molar-refractivity contribution in [2.24, 2.45) is 0 Å². The Morgan fingerprint density at radius 1 is 1.42 bits per heavy atom. The molecule has 1 aromatic carbocycles. The molecule has 0 aromatic heterocycles. The van der Waals surface area contributed by atoms with Gasteiger partial charge in [-0.05, 0) is 24.6 Å². The van der Waals surface area contributed by atoms with Gasteiger partial charge in [0.25, 0.3) is 0 Å². The zero-order valence-electron chi connectivity index (χ0n) is 6.87. The van der Waals surface area contributed by atoms with Crippen LogP contribution in [-0.2, 0) is 0 Å². The number of carboxylic acid groups (broad SMARTS) is 1. The molecule has 2 heteroatoms. The van der Waals surface area contributed by atoms with Crippen LogP contribution in [0.15, 0.2) is 30.8 Å². The zero-order chi connectivity index (χ0) is 9.14. The van der Waals surface area contributed by atoms with Gasteiger partial charge in [-0.2, -0.15) is 0 Å². The van der Waals surface area contributed by atoms with Gasteiger partial charge in [-0.25, -0.2) is 4.79 Å². The molecule has 62 valence electrons. The second-order valence-corrected chi connectivity index (χ2v) is 2.67. The highest BCUT2D eigenvalue weighted by Gasteiger charge is 2.02. The molecule has 0 aliphatic rings. The number of carbonyl (C=O) groups is 1. The summed E-state index contributed by atoms with van der Waals surface area (Å²) in [6.07, 6.45) is 0. The Bertz CT molecular complexity index is 297. The molecule has 0 radical (unpaired) electrons. The van der Waals surface area contributed by atoms with E-state index >= 15 is 0 Å². The van der Waals surface area contributed by atoms with Crippen LogP contribution in [0.5, 0.6) is 0 Å². The summed E-state index contributed by atoms with van der Waals surface area (Å²) in [5, 5.41) is 8.66. The molecule has 0 amide bonds. The van der Waals surface area contributed by atoms with Gasteiger partial charge >= 0.3 is 5.97 Å². The summed E-state index contributed by atoms with van der Waals surface area (Å²) < 4.78 is 0. The van der Waals surface area contributed by atoms with Crippen molar-refractivity contribution in [2.75, 3.05) is 0 Å².